The van der Waals surface area contributed by atoms with Crippen LogP contribution in [-0.4, -0.2) is 9.97 Å². The van der Waals surface area contributed by atoms with Crippen LogP contribution < -0.4 is 0 Å². The van der Waals surface area contributed by atoms with Crippen LogP contribution in [0.25, 0.3) is 0 Å². The number of aryl methyl sites for hydroxylation is 1. The first-order valence-electron chi connectivity index (χ1n) is 2.64. The van der Waals surface area contributed by atoms with Gasteiger partial charge in [-0.25, -0.2) is 4.98 Å². The first kappa shape index (κ1) is 6.90. The fourth-order valence-electron chi connectivity index (χ4n) is 0.592. The molecule has 4 heteroatoms. The molecule has 1 aromatic rings. The number of hydrogen-bond donors (Lipinski definition) is 1. The Morgan fingerprint density at radius 2 is 2.22 bits per heavy atom. The number of halogens is 2. The van der Waals surface area contributed by atoms with Crippen LogP contribution in [0, 0.1) is 0 Å². The summed E-state index contributed by atoms with van der Waals surface area (Å²) in [6.45, 7) is 1.98. The third-order valence-corrected chi connectivity index (χ3v) is 1.54. The van der Waals surface area contributed by atoms with Crippen LogP contribution >= 0.6 is 23.2 Å². The molecule has 2 nitrogen and oxygen atoms in total. The third-order valence-electron chi connectivity index (χ3n) is 1.05. The fraction of sp³-hybridized carbons (Fsp3) is 0.400. The first-order chi connectivity index (χ1) is 4.24. The van der Waals surface area contributed by atoms with Crippen molar-refractivity contribution in [2.75, 3.05) is 0 Å². The predicted molar refractivity (Wildman–Crippen MR) is 38.0 cm³/mol. The molecule has 0 bridgehead atoms. The monoisotopic (exact) mass is 164 g/mol. The molecule has 0 radical (unpaired) electrons. The van der Waals surface area contributed by atoms with Gasteiger partial charge in [0.1, 0.15) is 0 Å². The first-order valence-corrected chi connectivity index (χ1v) is 3.39. The average molecular weight is 165 g/mol. The van der Waals surface area contributed by atoms with Gasteiger partial charge in [-0.1, -0.05) is 18.5 Å². The molecule has 0 aliphatic rings. The van der Waals surface area contributed by atoms with Crippen molar-refractivity contribution in [3.05, 3.63) is 16.1 Å². The Labute approximate surface area is 63.2 Å². The van der Waals surface area contributed by atoms with Crippen molar-refractivity contribution in [3.8, 4) is 0 Å². The summed E-state index contributed by atoms with van der Waals surface area (Å²) in [6, 6.07) is 0. The van der Waals surface area contributed by atoms with E-state index >= 15 is 0 Å². The highest BCUT2D eigenvalue weighted by molar-refractivity contribution is 6.32. The van der Waals surface area contributed by atoms with Crippen molar-refractivity contribution in [1.82, 2.24) is 9.97 Å². The van der Waals surface area contributed by atoms with Crippen LogP contribution in [0.15, 0.2) is 0 Å². The fourth-order valence-corrected chi connectivity index (χ4v) is 1.10. The summed E-state index contributed by atoms with van der Waals surface area (Å²) < 4.78 is 0. The zero-order valence-electron chi connectivity index (χ0n) is 4.91. The van der Waals surface area contributed by atoms with Gasteiger partial charge in [0.25, 0.3) is 0 Å². The number of rotatable bonds is 1. The second-order valence-corrected chi connectivity index (χ2v) is 2.37. The molecule has 0 unspecified atom stereocenters. The Balaban J connectivity index is 3.01. The molecular formula is C5H6Cl2N2. The lowest BCUT2D eigenvalue weighted by atomic mass is 10.4. The minimum Gasteiger partial charge on any atom is -0.331 e. The van der Waals surface area contributed by atoms with Crippen LogP contribution in [0.1, 0.15) is 12.6 Å². The highest BCUT2D eigenvalue weighted by Gasteiger charge is 2.02. The Bertz CT molecular complexity index is 207. The minimum atomic E-state index is 0.358. The summed E-state index contributed by atoms with van der Waals surface area (Å²) in [4.78, 5) is 6.57. The number of aromatic amines is 1. The van der Waals surface area contributed by atoms with E-state index in [0.29, 0.717) is 10.4 Å². The highest BCUT2D eigenvalue weighted by Crippen LogP contribution is 2.15. The van der Waals surface area contributed by atoms with Crippen LogP contribution in [0.5, 0.6) is 0 Å². The van der Waals surface area contributed by atoms with Crippen LogP contribution in [0.4, 0.5) is 0 Å². The summed E-state index contributed by atoms with van der Waals surface area (Å²) in [5.74, 6) is 0. The predicted octanol–water partition coefficient (Wildman–Crippen LogP) is 2.28. The maximum absolute atomic E-state index is 5.62. The van der Waals surface area contributed by atoms with Gasteiger partial charge >= 0.3 is 0 Å². The van der Waals surface area contributed by atoms with Crippen molar-refractivity contribution in [1.29, 1.82) is 0 Å². The highest BCUT2D eigenvalue weighted by atomic mass is 35.5. The average Bonchev–Trinajstić information content (AvgIpc) is 2.10. The van der Waals surface area contributed by atoms with Gasteiger partial charge in [0.15, 0.2) is 5.15 Å². The standard InChI is InChI=1S/C5H6Cl2N2/c1-2-3-4(6)9-5(7)8-3/h2H2,1H3,(H,8,9). The second kappa shape index (κ2) is 2.58. The smallest absolute Gasteiger partial charge is 0.201 e. The largest absolute Gasteiger partial charge is 0.331 e. The zero-order chi connectivity index (χ0) is 6.85. The van der Waals surface area contributed by atoms with Gasteiger partial charge in [-0.15, -0.1) is 0 Å². The van der Waals surface area contributed by atoms with Crippen molar-refractivity contribution in [2.45, 2.75) is 13.3 Å². The van der Waals surface area contributed by atoms with Gasteiger partial charge in [0, 0.05) is 0 Å². The van der Waals surface area contributed by atoms with Gasteiger partial charge in [-0.3, -0.25) is 0 Å². The summed E-state index contributed by atoms with van der Waals surface area (Å²) >= 11 is 11.1. The van der Waals surface area contributed by atoms with E-state index in [1.807, 2.05) is 6.92 Å². The van der Waals surface area contributed by atoms with E-state index in [0.717, 1.165) is 12.1 Å². The van der Waals surface area contributed by atoms with E-state index in [4.69, 9.17) is 23.2 Å². The maximum atomic E-state index is 5.62. The number of imidazole rings is 1. The molecule has 1 aromatic heterocycles. The second-order valence-electron chi connectivity index (χ2n) is 1.65. The molecule has 0 aliphatic heterocycles. The van der Waals surface area contributed by atoms with Gasteiger partial charge in [0.2, 0.25) is 5.28 Å². The molecule has 0 aromatic carbocycles. The number of H-pyrrole nitrogens is 1. The van der Waals surface area contributed by atoms with Crippen molar-refractivity contribution in [3.63, 3.8) is 0 Å². The SMILES string of the molecule is CCc1[nH]c(Cl)nc1Cl. The topological polar surface area (TPSA) is 28.7 Å². The molecule has 1 N–H and O–H groups in total. The quantitative estimate of drug-likeness (QED) is 0.679. The third kappa shape index (κ3) is 1.37. The Hall–Kier alpha value is -0.210. The van der Waals surface area contributed by atoms with Crippen molar-refractivity contribution < 1.29 is 0 Å². The van der Waals surface area contributed by atoms with E-state index in [2.05, 4.69) is 9.97 Å². The van der Waals surface area contributed by atoms with Gasteiger partial charge < -0.3 is 4.98 Å². The molecule has 0 saturated carbocycles. The lowest BCUT2D eigenvalue weighted by Gasteiger charge is -1.84. The molecule has 0 amide bonds. The van der Waals surface area contributed by atoms with Gasteiger partial charge in [-0.05, 0) is 18.0 Å². The summed E-state index contributed by atoms with van der Waals surface area (Å²) in [5, 5.41) is 0.833. The molecule has 0 atom stereocenters. The van der Waals surface area contributed by atoms with Gasteiger partial charge in [-0.2, -0.15) is 0 Å². The minimum absolute atomic E-state index is 0.358. The Morgan fingerprint density at radius 1 is 1.56 bits per heavy atom. The number of nitrogens with one attached hydrogen (secondary N) is 1. The molecule has 9 heavy (non-hydrogen) atoms. The van der Waals surface area contributed by atoms with Crippen molar-refractivity contribution in [2.24, 2.45) is 0 Å². The Kier molecular flexibility index (Phi) is 1.98. The molecule has 1 rings (SSSR count). The normalized spacial score (nSPS) is 10.1. The molecule has 50 valence electrons. The Morgan fingerprint density at radius 3 is 2.44 bits per heavy atom. The molecular weight excluding hydrogens is 159 g/mol. The summed E-state index contributed by atoms with van der Waals surface area (Å²) in [5.41, 5.74) is 0.890. The summed E-state index contributed by atoms with van der Waals surface area (Å²) in [6.07, 6.45) is 0.832. The van der Waals surface area contributed by atoms with Crippen molar-refractivity contribution >= 4 is 23.2 Å². The lowest BCUT2D eigenvalue weighted by Crippen LogP contribution is -1.77. The number of nitrogens with zero attached hydrogens (tertiary/aromatic N) is 1. The van der Waals surface area contributed by atoms with Crippen LogP contribution in [0.3, 0.4) is 0 Å². The molecule has 1 heterocycles. The van der Waals surface area contributed by atoms with E-state index in [1.165, 1.54) is 0 Å². The molecule has 0 spiro atoms. The van der Waals surface area contributed by atoms with Gasteiger partial charge in [0.05, 0.1) is 5.69 Å². The zero-order valence-corrected chi connectivity index (χ0v) is 6.42. The molecule has 0 aliphatic carbocycles. The van der Waals surface area contributed by atoms with E-state index in [1.54, 1.807) is 0 Å². The number of aromatic nitrogens is 2. The van der Waals surface area contributed by atoms with E-state index in [-0.39, 0.29) is 0 Å². The van der Waals surface area contributed by atoms with E-state index in [9.17, 15) is 0 Å². The summed E-state index contributed by atoms with van der Waals surface area (Å²) in [7, 11) is 0. The van der Waals surface area contributed by atoms with Crippen LogP contribution in [0.2, 0.25) is 10.4 Å². The number of hydrogen-bond acceptors (Lipinski definition) is 1. The van der Waals surface area contributed by atoms with Crippen LogP contribution in [-0.2, 0) is 6.42 Å². The molecule has 0 fully saturated rings. The molecule has 0 saturated heterocycles. The maximum Gasteiger partial charge on any atom is 0.201 e. The lowest BCUT2D eigenvalue weighted by molar-refractivity contribution is 1.06. The van der Waals surface area contributed by atoms with E-state index < -0.39 is 0 Å².